The van der Waals surface area contributed by atoms with Crippen LogP contribution in [0.15, 0.2) is 34.3 Å². The lowest BCUT2D eigenvalue weighted by molar-refractivity contribution is -0.0795. The number of fused-ring (bicyclic) bond motifs is 5. The number of rotatable bonds is 7. The first-order valence-electron chi connectivity index (χ1n) is 13.4. The largest absolute Gasteiger partial charge is 0.487 e. The highest BCUT2D eigenvalue weighted by atomic mass is 19.1. The molecule has 1 saturated heterocycles. The highest BCUT2D eigenvalue weighted by Gasteiger charge is 2.56. The first kappa shape index (κ1) is 27.8. The van der Waals surface area contributed by atoms with Crippen LogP contribution in [-0.2, 0) is 11.4 Å². The van der Waals surface area contributed by atoms with Crippen LogP contribution in [0.4, 0.5) is 8.78 Å². The Kier molecular flexibility index (Phi) is 7.38. The van der Waals surface area contributed by atoms with E-state index in [1.54, 1.807) is 18.4 Å². The number of nitrogens with one attached hydrogen (secondary N) is 1. The molecule has 5 rings (SSSR count). The normalized spacial score (nSPS) is 25.2. The van der Waals surface area contributed by atoms with E-state index < -0.39 is 52.7 Å². The zero-order valence-corrected chi connectivity index (χ0v) is 22.6. The maximum Gasteiger partial charge on any atom is 0.274 e. The average Bonchev–Trinajstić information content (AvgIpc) is 3.25. The monoisotopic (exact) mass is 558 g/mol. The minimum absolute atomic E-state index is 0.0213. The predicted octanol–water partition coefficient (Wildman–Crippen LogP) is 2.92. The second kappa shape index (κ2) is 10.6. The van der Waals surface area contributed by atoms with Crippen molar-refractivity contribution in [2.24, 2.45) is 5.16 Å². The lowest BCUT2D eigenvalue weighted by Crippen LogP contribution is -2.53. The van der Waals surface area contributed by atoms with E-state index in [2.05, 4.69) is 10.5 Å². The van der Waals surface area contributed by atoms with Gasteiger partial charge in [-0.3, -0.25) is 14.4 Å². The minimum atomic E-state index is -1.03. The van der Waals surface area contributed by atoms with E-state index in [9.17, 15) is 28.3 Å². The Morgan fingerprint density at radius 1 is 1.32 bits per heavy atom. The van der Waals surface area contributed by atoms with Crippen LogP contribution in [0.5, 0.6) is 5.75 Å². The Labute approximate surface area is 229 Å². The number of benzene rings is 1. The van der Waals surface area contributed by atoms with Gasteiger partial charge in [-0.05, 0) is 26.3 Å². The average molecular weight is 559 g/mol. The van der Waals surface area contributed by atoms with E-state index in [4.69, 9.17) is 9.57 Å². The van der Waals surface area contributed by atoms with Crippen molar-refractivity contribution in [1.82, 2.24) is 14.8 Å². The van der Waals surface area contributed by atoms with Crippen LogP contribution in [0, 0.1) is 11.6 Å². The molecular weight excluding hydrogens is 526 g/mol. The van der Waals surface area contributed by atoms with Gasteiger partial charge in [0.15, 0.2) is 17.0 Å². The molecule has 2 amide bonds. The maximum atomic E-state index is 14.2. The van der Waals surface area contributed by atoms with Gasteiger partial charge in [0, 0.05) is 43.8 Å². The SMILES string of the molecule is CCCCOc1c2n(cc(C(=O)NCc3ccc(F)cc3F)c1=O)[C@@H]1CN(C2=O)[C@@H](C)[C@H](O)C[C@]12CC(C)=NO2. The topological polar surface area (TPSA) is 122 Å². The second-order valence-electron chi connectivity index (χ2n) is 10.7. The molecule has 1 spiro atoms. The number of pyridine rings is 1. The standard InChI is InChI=1S/C28H32F2N4O6/c1-4-5-8-39-25-23-27(38)33-14-22(28(10-15(2)32-40-28)11-21(35)16(33)3)34(23)13-19(24(25)36)26(37)31-12-17-6-7-18(29)9-20(17)30/h6-7,9,13,16,21-22,35H,4-5,8,10-12,14H2,1-3H3,(H,31,37)/t16-,21+,22+,28+/m0/s1. The molecule has 10 nitrogen and oxygen atoms in total. The number of carbonyl (C=O) groups excluding carboxylic acids is 2. The zero-order valence-electron chi connectivity index (χ0n) is 22.6. The van der Waals surface area contributed by atoms with E-state index in [1.165, 1.54) is 17.2 Å². The number of aliphatic hydroxyl groups excluding tert-OH is 1. The fourth-order valence-electron chi connectivity index (χ4n) is 5.70. The summed E-state index contributed by atoms with van der Waals surface area (Å²) >= 11 is 0. The van der Waals surface area contributed by atoms with Gasteiger partial charge >= 0.3 is 0 Å². The summed E-state index contributed by atoms with van der Waals surface area (Å²) in [5.41, 5.74) is -1.38. The number of halogens is 2. The maximum absolute atomic E-state index is 14.2. The second-order valence-corrected chi connectivity index (χ2v) is 10.7. The van der Waals surface area contributed by atoms with Crippen LogP contribution in [0.2, 0.25) is 0 Å². The van der Waals surface area contributed by atoms with Crippen LogP contribution >= 0.6 is 0 Å². The molecule has 3 aliphatic heterocycles. The smallest absolute Gasteiger partial charge is 0.274 e. The van der Waals surface area contributed by atoms with E-state index in [-0.39, 0.29) is 48.7 Å². The van der Waals surface area contributed by atoms with Gasteiger partial charge in [0.1, 0.15) is 17.2 Å². The molecule has 4 heterocycles. The van der Waals surface area contributed by atoms with Crippen molar-refractivity contribution in [3.8, 4) is 5.75 Å². The summed E-state index contributed by atoms with van der Waals surface area (Å²) in [6, 6.07) is 1.82. The number of nitrogens with zero attached hydrogens (tertiary/aromatic N) is 3. The molecular formula is C28H32F2N4O6. The number of aliphatic hydroxyl groups is 1. The number of unbranched alkanes of at least 4 members (excludes halogenated alkanes) is 1. The molecule has 0 aliphatic carbocycles. The Balaban J connectivity index is 1.61. The molecule has 0 radical (unpaired) electrons. The third kappa shape index (κ3) is 4.74. The highest BCUT2D eigenvalue weighted by Crippen LogP contribution is 2.46. The van der Waals surface area contributed by atoms with Crippen molar-refractivity contribution >= 4 is 17.5 Å². The van der Waals surface area contributed by atoms with Gasteiger partial charge in [-0.25, -0.2) is 8.78 Å². The van der Waals surface area contributed by atoms with Gasteiger partial charge in [0.25, 0.3) is 11.8 Å². The van der Waals surface area contributed by atoms with Crippen molar-refractivity contribution in [3.63, 3.8) is 0 Å². The summed E-state index contributed by atoms with van der Waals surface area (Å²) in [5, 5.41) is 17.7. The fraction of sp³-hybridized carbons (Fsp3) is 0.500. The zero-order chi connectivity index (χ0) is 28.8. The van der Waals surface area contributed by atoms with Crippen molar-refractivity contribution in [2.45, 2.75) is 76.8 Å². The molecule has 4 atom stereocenters. The van der Waals surface area contributed by atoms with Gasteiger partial charge in [-0.15, -0.1) is 0 Å². The molecule has 3 aliphatic rings. The molecule has 1 aromatic heterocycles. The number of amides is 2. The van der Waals surface area contributed by atoms with Gasteiger partial charge in [-0.1, -0.05) is 24.6 Å². The van der Waals surface area contributed by atoms with Crippen molar-refractivity contribution in [3.05, 3.63) is 63.1 Å². The van der Waals surface area contributed by atoms with Crippen LogP contribution in [0.1, 0.15) is 78.9 Å². The first-order chi connectivity index (χ1) is 19.1. The van der Waals surface area contributed by atoms with Crippen LogP contribution in [0.25, 0.3) is 0 Å². The summed E-state index contributed by atoms with van der Waals surface area (Å²) in [4.78, 5) is 48.2. The van der Waals surface area contributed by atoms with Gasteiger partial charge in [0.2, 0.25) is 5.43 Å². The minimum Gasteiger partial charge on any atom is -0.487 e. The Bertz CT molecular complexity index is 1440. The van der Waals surface area contributed by atoms with Gasteiger partial charge in [-0.2, -0.15) is 0 Å². The molecule has 0 saturated carbocycles. The predicted molar refractivity (Wildman–Crippen MR) is 140 cm³/mol. The van der Waals surface area contributed by atoms with Crippen LogP contribution < -0.4 is 15.5 Å². The van der Waals surface area contributed by atoms with Crippen molar-refractivity contribution in [2.75, 3.05) is 13.2 Å². The first-order valence-corrected chi connectivity index (χ1v) is 13.4. The number of aromatic nitrogens is 1. The van der Waals surface area contributed by atoms with E-state index in [0.29, 0.717) is 24.6 Å². The summed E-state index contributed by atoms with van der Waals surface area (Å²) in [6.45, 7) is 5.50. The number of carbonyl (C=O) groups is 2. The Morgan fingerprint density at radius 3 is 2.77 bits per heavy atom. The number of hydrogen-bond donors (Lipinski definition) is 2. The van der Waals surface area contributed by atoms with Crippen molar-refractivity contribution < 1.29 is 33.1 Å². The van der Waals surface area contributed by atoms with E-state index in [1.807, 2.05) is 6.92 Å². The molecule has 12 heteroatoms. The summed E-state index contributed by atoms with van der Waals surface area (Å²) in [6.07, 6.45) is 2.32. The molecule has 214 valence electrons. The molecule has 0 unspecified atom stereocenters. The molecule has 2 bridgehead atoms. The number of ether oxygens (including phenoxy) is 1. The fourth-order valence-corrected chi connectivity index (χ4v) is 5.70. The third-order valence-corrected chi connectivity index (χ3v) is 7.95. The lowest BCUT2D eigenvalue weighted by atomic mass is 9.83. The molecule has 2 aromatic rings. The van der Waals surface area contributed by atoms with Crippen LogP contribution in [-0.4, -0.2) is 63.0 Å². The quantitative estimate of drug-likeness (QED) is 0.504. The van der Waals surface area contributed by atoms with E-state index in [0.717, 1.165) is 12.5 Å². The third-order valence-electron chi connectivity index (χ3n) is 7.95. The Morgan fingerprint density at radius 2 is 2.10 bits per heavy atom. The highest BCUT2D eigenvalue weighted by molar-refractivity contribution is 5.99. The number of oxime groups is 1. The molecule has 1 fully saturated rings. The Hall–Kier alpha value is -3.80. The van der Waals surface area contributed by atoms with Gasteiger partial charge < -0.3 is 29.5 Å². The number of hydrogen-bond acceptors (Lipinski definition) is 7. The van der Waals surface area contributed by atoms with Gasteiger partial charge in [0.05, 0.1) is 30.5 Å². The van der Waals surface area contributed by atoms with Crippen molar-refractivity contribution in [1.29, 1.82) is 0 Å². The van der Waals surface area contributed by atoms with E-state index >= 15 is 0 Å². The summed E-state index contributed by atoms with van der Waals surface area (Å²) < 4.78 is 34.9. The lowest BCUT2D eigenvalue weighted by Gasteiger charge is -2.42. The molecule has 2 N–H and O–H groups in total. The molecule has 1 aromatic carbocycles. The molecule has 40 heavy (non-hydrogen) atoms. The summed E-state index contributed by atoms with van der Waals surface area (Å²) in [5.74, 6) is -3.16. The van der Waals surface area contributed by atoms with Crippen LogP contribution in [0.3, 0.4) is 0 Å². The summed E-state index contributed by atoms with van der Waals surface area (Å²) in [7, 11) is 0.